The number of ketones is 1. The molecule has 0 radical (unpaired) electrons. The molecule has 1 aromatic carbocycles. The number of Topliss-reactive ketones (excluding diaryl/α,β-unsaturated/α-hetero) is 1. The number of ether oxygens (including phenoxy) is 1. The molecule has 1 fully saturated rings. The number of piperidine rings is 1. The number of esters is 1. The van der Waals surface area contributed by atoms with E-state index in [-0.39, 0.29) is 11.9 Å². The quantitative estimate of drug-likeness (QED) is 0.791. The molecule has 0 amide bonds. The zero-order valence-electron chi connectivity index (χ0n) is 12.1. The van der Waals surface area contributed by atoms with E-state index in [1.54, 1.807) is 19.1 Å². The number of carbonyl (C=O) groups is 2. The van der Waals surface area contributed by atoms with Gasteiger partial charge < -0.3 is 4.74 Å². The summed E-state index contributed by atoms with van der Waals surface area (Å²) in [6.07, 6.45) is 1.91. The van der Waals surface area contributed by atoms with Crippen LogP contribution in [0.15, 0.2) is 24.3 Å². The summed E-state index contributed by atoms with van der Waals surface area (Å²) in [5.74, 6) is 0.249. The first kappa shape index (κ1) is 14.7. The van der Waals surface area contributed by atoms with Crippen LogP contribution in [0.5, 0.6) is 0 Å². The molecule has 0 atom stereocenters. The Bertz CT molecular complexity index is 473. The lowest BCUT2D eigenvalue weighted by atomic mass is 9.93. The second kappa shape index (κ2) is 6.66. The van der Waals surface area contributed by atoms with Crippen LogP contribution in [-0.2, 0) is 16.1 Å². The van der Waals surface area contributed by atoms with Gasteiger partial charge in [0, 0.05) is 12.5 Å². The molecule has 0 aliphatic carbocycles. The highest BCUT2D eigenvalue weighted by molar-refractivity contribution is 5.89. The first-order valence-electron chi connectivity index (χ1n) is 7.00. The van der Waals surface area contributed by atoms with Crippen LogP contribution in [0, 0.1) is 5.92 Å². The van der Waals surface area contributed by atoms with Gasteiger partial charge in [0.15, 0.2) is 0 Å². The Hall–Kier alpha value is -1.68. The molecule has 20 heavy (non-hydrogen) atoms. The molecule has 1 aliphatic heterocycles. The van der Waals surface area contributed by atoms with Gasteiger partial charge in [0.2, 0.25) is 0 Å². The van der Waals surface area contributed by atoms with Gasteiger partial charge in [-0.05, 0) is 50.6 Å². The van der Waals surface area contributed by atoms with Crippen molar-refractivity contribution < 1.29 is 14.3 Å². The zero-order valence-corrected chi connectivity index (χ0v) is 12.1. The summed E-state index contributed by atoms with van der Waals surface area (Å²) < 4.78 is 4.68. The molecule has 4 heteroatoms. The van der Waals surface area contributed by atoms with Crippen LogP contribution in [0.2, 0.25) is 0 Å². The Kier molecular flexibility index (Phi) is 4.90. The number of hydrogen-bond donors (Lipinski definition) is 0. The number of methoxy groups -OCH3 is 1. The van der Waals surface area contributed by atoms with Crippen molar-refractivity contribution >= 4 is 11.8 Å². The lowest BCUT2D eigenvalue weighted by Gasteiger charge is -2.30. The lowest BCUT2D eigenvalue weighted by molar-refractivity contribution is -0.122. The Morgan fingerprint density at radius 3 is 2.30 bits per heavy atom. The Labute approximate surface area is 119 Å². The third-order valence-electron chi connectivity index (χ3n) is 3.94. The van der Waals surface area contributed by atoms with Crippen molar-refractivity contribution in [2.75, 3.05) is 20.2 Å². The minimum atomic E-state index is -0.307. The summed E-state index contributed by atoms with van der Waals surface area (Å²) in [6, 6.07) is 7.51. The summed E-state index contributed by atoms with van der Waals surface area (Å²) >= 11 is 0. The number of benzene rings is 1. The summed E-state index contributed by atoms with van der Waals surface area (Å²) in [7, 11) is 1.38. The molecule has 0 saturated carbocycles. The van der Waals surface area contributed by atoms with Gasteiger partial charge in [-0.25, -0.2) is 4.79 Å². The topological polar surface area (TPSA) is 46.6 Å². The van der Waals surface area contributed by atoms with Crippen LogP contribution in [0.1, 0.15) is 35.7 Å². The van der Waals surface area contributed by atoms with Crippen LogP contribution < -0.4 is 0 Å². The minimum absolute atomic E-state index is 0.243. The second-order valence-corrected chi connectivity index (χ2v) is 5.35. The lowest BCUT2D eigenvalue weighted by Crippen LogP contribution is -2.35. The largest absolute Gasteiger partial charge is 0.465 e. The summed E-state index contributed by atoms with van der Waals surface area (Å²) in [5, 5.41) is 0. The molecule has 4 nitrogen and oxygen atoms in total. The van der Waals surface area contributed by atoms with E-state index in [0.717, 1.165) is 32.5 Å². The molecular formula is C16H21NO3. The van der Waals surface area contributed by atoms with E-state index in [1.165, 1.54) is 12.7 Å². The van der Waals surface area contributed by atoms with Crippen molar-refractivity contribution in [2.45, 2.75) is 26.3 Å². The number of likely N-dealkylation sites (tertiary alicyclic amines) is 1. The highest BCUT2D eigenvalue weighted by Crippen LogP contribution is 2.19. The summed E-state index contributed by atoms with van der Waals surface area (Å²) in [5.41, 5.74) is 1.76. The van der Waals surface area contributed by atoms with E-state index in [4.69, 9.17) is 0 Å². The average molecular weight is 275 g/mol. The van der Waals surface area contributed by atoms with E-state index in [1.807, 2.05) is 12.1 Å². The van der Waals surface area contributed by atoms with Gasteiger partial charge in [-0.3, -0.25) is 9.69 Å². The number of nitrogens with zero attached hydrogens (tertiary/aromatic N) is 1. The van der Waals surface area contributed by atoms with E-state index >= 15 is 0 Å². The first-order chi connectivity index (χ1) is 9.60. The van der Waals surface area contributed by atoms with Crippen molar-refractivity contribution in [2.24, 2.45) is 5.92 Å². The molecule has 0 N–H and O–H groups in total. The smallest absolute Gasteiger partial charge is 0.337 e. The Morgan fingerprint density at radius 1 is 1.20 bits per heavy atom. The molecule has 0 bridgehead atoms. The third kappa shape index (κ3) is 3.67. The fourth-order valence-electron chi connectivity index (χ4n) is 2.62. The monoisotopic (exact) mass is 275 g/mol. The third-order valence-corrected chi connectivity index (χ3v) is 3.94. The SMILES string of the molecule is COC(=O)c1ccc(CN2CCC(C(C)=O)CC2)cc1. The Balaban J connectivity index is 1.88. The van der Waals surface area contributed by atoms with Crippen LogP contribution in [-0.4, -0.2) is 36.9 Å². The van der Waals surface area contributed by atoms with Gasteiger partial charge in [-0.2, -0.15) is 0 Å². The van der Waals surface area contributed by atoms with Crippen LogP contribution in [0.25, 0.3) is 0 Å². The van der Waals surface area contributed by atoms with E-state index in [2.05, 4.69) is 9.64 Å². The van der Waals surface area contributed by atoms with Crippen molar-refractivity contribution in [3.05, 3.63) is 35.4 Å². The Morgan fingerprint density at radius 2 is 1.80 bits per heavy atom. The van der Waals surface area contributed by atoms with Gasteiger partial charge in [0.05, 0.1) is 12.7 Å². The maximum absolute atomic E-state index is 11.4. The van der Waals surface area contributed by atoms with Crippen LogP contribution in [0.4, 0.5) is 0 Å². The molecule has 1 heterocycles. The molecule has 1 aromatic rings. The van der Waals surface area contributed by atoms with Crippen molar-refractivity contribution in [3.8, 4) is 0 Å². The predicted molar refractivity (Wildman–Crippen MR) is 76.5 cm³/mol. The minimum Gasteiger partial charge on any atom is -0.465 e. The summed E-state index contributed by atoms with van der Waals surface area (Å²) in [6.45, 7) is 4.48. The van der Waals surface area contributed by atoms with Crippen molar-refractivity contribution in [3.63, 3.8) is 0 Å². The molecular weight excluding hydrogens is 254 g/mol. The fourth-order valence-corrected chi connectivity index (χ4v) is 2.62. The van der Waals surface area contributed by atoms with Gasteiger partial charge in [-0.15, -0.1) is 0 Å². The molecule has 2 rings (SSSR count). The summed E-state index contributed by atoms with van der Waals surface area (Å²) in [4.78, 5) is 25.0. The first-order valence-corrected chi connectivity index (χ1v) is 7.00. The van der Waals surface area contributed by atoms with Crippen LogP contribution >= 0.6 is 0 Å². The molecule has 108 valence electrons. The standard InChI is InChI=1S/C16H21NO3/c1-12(18)14-7-9-17(10-8-14)11-13-3-5-15(6-4-13)16(19)20-2/h3-6,14H,7-11H2,1-2H3. The van der Waals surface area contributed by atoms with E-state index in [9.17, 15) is 9.59 Å². The molecule has 0 aromatic heterocycles. The number of hydrogen-bond acceptors (Lipinski definition) is 4. The fraction of sp³-hybridized carbons (Fsp3) is 0.500. The van der Waals surface area contributed by atoms with Gasteiger partial charge in [0.1, 0.15) is 5.78 Å². The maximum atomic E-state index is 11.4. The van der Waals surface area contributed by atoms with Gasteiger partial charge in [0.25, 0.3) is 0 Å². The predicted octanol–water partition coefficient (Wildman–Crippen LogP) is 2.27. The normalized spacial score (nSPS) is 16.9. The number of rotatable bonds is 4. The molecule has 1 saturated heterocycles. The van der Waals surface area contributed by atoms with Gasteiger partial charge >= 0.3 is 5.97 Å². The van der Waals surface area contributed by atoms with Gasteiger partial charge in [-0.1, -0.05) is 12.1 Å². The number of carbonyl (C=O) groups excluding carboxylic acids is 2. The van der Waals surface area contributed by atoms with Crippen LogP contribution in [0.3, 0.4) is 0 Å². The molecule has 0 spiro atoms. The molecule has 0 unspecified atom stereocenters. The highest BCUT2D eigenvalue weighted by Gasteiger charge is 2.22. The highest BCUT2D eigenvalue weighted by atomic mass is 16.5. The van der Waals surface area contributed by atoms with E-state index in [0.29, 0.717) is 11.3 Å². The zero-order chi connectivity index (χ0) is 14.5. The second-order valence-electron chi connectivity index (χ2n) is 5.35. The average Bonchev–Trinajstić information content (AvgIpc) is 2.48. The van der Waals surface area contributed by atoms with E-state index < -0.39 is 0 Å². The molecule has 1 aliphatic rings. The van der Waals surface area contributed by atoms with Crippen molar-refractivity contribution in [1.29, 1.82) is 0 Å². The van der Waals surface area contributed by atoms with Crippen molar-refractivity contribution in [1.82, 2.24) is 4.90 Å². The maximum Gasteiger partial charge on any atom is 0.337 e.